The van der Waals surface area contributed by atoms with Crippen LogP contribution in [0.3, 0.4) is 0 Å². The first kappa shape index (κ1) is 17.5. The molecular weight excluding hydrogens is 386 g/mol. The van der Waals surface area contributed by atoms with Gasteiger partial charge in [0, 0.05) is 18.3 Å². The van der Waals surface area contributed by atoms with Gasteiger partial charge in [-0.05, 0) is 45.8 Å². The van der Waals surface area contributed by atoms with Crippen LogP contribution in [0, 0.1) is 0 Å². The summed E-state index contributed by atoms with van der Waals surface area (Å²) < 4.78 is 23.1. The smallest absolute Gasteiger partial charge is 0.175 e. The van der Waals surface area contributed by atoms with E-state index in [9.17, 15) is 0 Å². The Morgan fingerprint density at radius 2 is 2.00 bits per heavy atom. The van der Waals surface area contributed by atoms with Gasteiger partial charge in [0.1, 0.15) is 19.8 Å². The largest absolute Gasteiger partial charge is 0.493 e. The number of ether oxygens (including phenoxy) is 4. The standard InChI is InChI=1S/C19H20BrNO4/c1-3-6-25-19-15(20)9-13(10-18(19)22-2)12-21-14-4-5-16-17(11-14)24-8-7-23-16/h3-5,9-11,21H,1,6-8,12H2,2H3. The van der Waals surface area contributed by atoms with E-state index >= 15 is 0 Å². The maximum Gasteiger partial charge on any atom is 0.175 e. The molecule has 25 heavy (non-hydrogen) atoms. The zero-order valence-corrected chi connectivity index (χ0v) is 15.6. The molecule has 1 aliphatic rings. The number of nitrogens with one attached hydrogen (secondary N) is 1. The van der Waals surface area contributed by atoms with Crippen LogP contribution in [0.5, 0.6) is 23.0 Å². The fraction of sp³-hybridized carbons (Fsp3) is 0.263. The van der Waals surface area contributed by atoms with E-state index in [0.29, 0.717) is 37.9 Å². The van der Waals surface area contributed by atoms with E-state index in [0.717, 1.165) is 27.2 Å². The normalized spacial score (nSPS) is 12.4. The summed E-state index contributed by atoms with van der Waals surface area (Å²) in [6.45, 7) is 5.88. The van der Waals surface area contributed by atoms with Crippen molar-refractivity contribution in [1.29, 1.82) is 0 Å². The van der Waals surface area contributed by atoms with E-state index in [-0.39, 0.29) is 0 Å². The van der Waals surface area contributed by atoms with Crippen LogP contribution < -0.4 is 24.3 Å². The van der Waals surface area contributed by atoms with Crippen LogP contribution in [0.4, 0.5) is 5.69 Å². The molecule has 0 spiro atoms. The molecule has 3 rings (SSSR count). The summed E-state index contributed by atoms with van der Waals surface area (Å²) in [7, 11) is 1.63. The van der Waals surface area contributed by atoms with Gasteiger partial charge >= 0.3 is 0 Å². The zero-order valence-electron chi connectivity index (χ0n) is 14.0. The summed E-state index contributed by atoms with van der Waals surface area (Å²) in [6.07, 6.45) is 1.70. The van der Waals surface area contributed by atoms with Crippen molar-refractivity contribution in [3.63, 3.8) is 0 Å². The van der Waals surface area contributed by atoms with E-state index in [1.165, 1.54) is 0 Å². The maximum atomic E-state index is 5.65. The second-order valence-corrected chi connectivity index (χ2v) is 6.28. The number of anilines is 1. The van der Waals surface area contributed by atoms with Gasteiger partial charge in [0.2, 0.25) is 0 Å². The Balaban J connectivity index is 1.72. The van der Waals surface area contributed by atoms with Crippen molar-refractivity contribution >= 4 is 21.6 Å². The Hall–Kier alpha value is -2.34. The van der Waals surface area contributed by atoms with Gasteiger partial charge in [0.05, 0.1) is 11.6 Å². The third-order valence-corrected chi connectivity index (χ3v) is 4.26. The molecule has 0 fully saturated rings. The highest BCUT2D eigenvalue weighted by Crippen LogP contribution is 2.37. The number of methoxy groups -OCH3 is 1. The fourth-order valence-corrected chi connectivity index (χ4v) is 3.12. The SMILES string of the molecule is C=CCOc1c(Br)cc(CNc2ccc3c(c2)OCCO3)cc1OC. The summed E-state index contributed by atoms with van der Waals surface area (Å²) in [5.41, 5.74) is 2.02. The third kappa shape index (κ3) is 4.20. The minimum Gasteiger partial charge on any atom is -0.493 e. The highest BCUT2D eigenvalue weighted by Gasteiger charge is 2.13. The lowest BCUT2D eigenvalue weighted by Crippen LogP contribution is -2.15. The Kier molecular flexibility index (Phi) is 5.71. The average molecular weight is 406 g/mol. The Bertz CT molecular complexity index is 763. The van der Waals surface area contributed by atoms with E-state index in [1.807, 2.05) is 30.3 Å². The predicted octanol–water partition coefficient (Wildman–Crippen LogP) is 4.41. The molecule has 1 heterocycles. The van der Waals surface area contributed by atoms with Crippen LogP contribution in [0.15, 0.2) is 47.5 Å². The van der Waals surface area contributed by atoms with Crippen LogP contribution >= 0.6 is 15.9 Å². The lowest BCUT2D eigenvalue weighted by molar-refractivity contribution is 0.171. The molecular formula is C19H20BrNO4. The van der Waals surface area contributed by atoms with E-state index < -0.39 is 0 Å². The molecule has 0 atom stereocenters. The van der Waals surface area contributed by atoms with Crippen molar-refractivity contribution in [2.75, 3.05) is 32.2 Å². The van der Waals surface area contributed by atoms with Crippen molar-refractivity contribution in [2.24, 2.45) is 0 Å². The molecule has 0 aliphatic carbocycles. The summed E-state index contributed by atoms with van der Waals surface area (Å²) in [5, 5.41) is 3.38. The number of hydrogen-bond acceptors (Lipinski definition) is 5. The first-order valence-electron chi connectivity index (χ1n) is 7.95. The molecule has 0 saturated carbocycles. The first-order chi connectivity index (χ1) is 12.2. The van der Waals surface area contributed by atoms with Crippen LogP contribution in [-0.2, 0) is 6.54 Å². The molecule has 132 valence electrons. The van der Waals surface area contributed by atoms with Crippen LogP contribution in [0.1, 0.15) is 5.56 Å². The molecule has 0 radical (unpaired) electrons. The second-order valence-electron chi connectivity index (χ2n) is 5.42. The Morgan fingerprint density at radius 3 is 2.76 bits per heavy atom. The van der Waals surface area contributed by atoms with Crippen molar-refractivity contribution in [3.8, 4) is 23.0 Å². The van der Waals surface area contributed by atoms with Crippen LogP contribution in [-0.4, -0.2) is 26.9 Å². The lowest BCUT2D eigenvalue weighted by atomic mass is 10.2. The summed E-state index contributed by atoms with van der Waals surface area (Å²) in [5.74, 6) is 2.90. The molecule has 6 heteroatoms. The molecule has 2 aromatic carbocycles. The maximum absolute atomic E-state index is 5.65. The molecule has 5 nitrogen and oxygen atoms in total. The summed E-state index contributed by atoms with van der Waals surface area (Å²) in [6, 6.07) is 9.80. The minimum atomic E-state index is 0.420. The van der Waals surface area contributed by atoms with Gasteiger partial charge in [-0.15, -0.1) is 0 Å². The van der Waals surface area contributed by atoms with Crippen molar-refractivity contribution in [2.45, 2.75) is 6.54 Å². The highest BCUT2D eigenvalue weighted by atomic mass is 79.9. The fourth-order valence-electron chi connectivity index (χ4n) is 2.52. The van der Waals surface area contributed by atoms with Gasteiger partial charge in [0.25, 0.3) is 0 Å². The number of rotatable bonds is 7. The second kappa shape index (κ2) is 8.16. The molecule has 0 bridgehead atoms. The van der Waals surface area contributed by atoms with E-state index in [1.54, 1.807) is 13.2 Å². The molecule has 1 aliphatic heterocycles. The van der Waals surface area contributed by atoms with E-state index in [4.69, 9.17) is 18.9 Å². The number of halogens is 1. The Labute approximate surface area is 155 Å². The monoisotopic (exact) mass is 405 g/mol. The van der Waals surface area contributed by atoms with Crippen molar-refractivity contribution in [1.82, 2.24) is 0 Å². The minimum absolute atomic E-state index is 0.420. The van der Waals surface area contributed by atoms with Gasteiger partial charge < -0.3 is 24.3 Å². The van der Waals surface area contributed by atoms with E-state index in [2.05, 4.69) is 27.8 Å². The number of hydrogen-bond donors (Lipinski definition) is 1. The van der Waals surface area contributed by atoms with Gasteiger partial charge in [-0.1, -0.05) is 12.7 Å². The molecule has 0 unspecified atom stereocenters. The molecule has 0 saturated heterocycles. The van der Waals surface area contributed by atoms with Gasteiger partial charge in [-0.2, -0.15) is 0 Å². The third-order valence-electron chi connectivity index (χ3n) is 3.67. The van der Waals surface area contributed by atoms with Crippen molar-refractivity contribution < 1.29 is 18.9 Å². The Morgan fingerprint density at radius 1 is 1.20 bits per heavy atom. The number of fused-ring (bicyclic) bond motifs is 1. The van der Waals surface area contributed by atoms with Gasteiger partial charge in [0.15, 0.2) is 23.0 Å². The summed E-state index contributed by atoms with van der Waals surface area (Å²) in [4.78, 5) is 0. The summed E-state index contributed by atoms with van der Waals surface area (Å²) >= 11 is 3.54. The zero-order chi connectivity index (χ0) is 17.6. The molecule has 0 amide bonds. The highest BCUT2D eigenvalue weighted by molar-refractivity contribution is 9.10. The first-order valence-corrected chi connectivity index (χ1v) is 8.74. The molecule has 2 aromatic rings. The van der Waals surface area contributed by atoms with Gasteiger partial charge in [-0.3, -0.25) is 0 Å². The van der Waals surface area contributed by atoms with Crippen LogP contribution in [0.25, 0.3) is 0 Å². The number of benzene rings is 2. The van der Waals surface area contributed by atoms with Crippen LogP contribution in [0.2, 0.25) is 0 Å². The molecule has 0 aromatic heterocycles. The predicted molar refractivity (Wildman–Crippen MR) is 101 cm³/mol. The average Bonchev–Trinajstić information content (AvgIpc) is 2.65. The van der Waals surface area contributed by atoms with Gasteiger partial charge in [-0.25, -0.2) is 0 Å². The molecule has 1 N–H and O–H groups in total. The topological polar surface area (TPSA) is 49.0 Å². The lowest BCUT2D eigenvalue weighted by Gasteiger charge is -2.19. The quantitative estimate of drug-likeness (QED) is 0.691. The van der Waals surface area contributed by atoms with Crippen molar-refractivity contribution in [3.05, 3.63) is 53.0 Å².